The number of benzene rings is 1. The first-order chi connectivity index (χ1) is 10.1. The first kappa shape index (κ1) is 15.1. The lowest BCUT2D eigenvalue weighted by atomic mass is 10.2. The SMILES string of the molecule is CCn1cc(C(=O)Nc2ccc(N(C)CCO)cc2)cn1. The molecular weight excluding hydrogens is 268 g/mol. The fourth-order valence-corrected chi connectivity index (χ4v) is 1.94. The summed E-state index contributed by atoms with van der Waals surface area (Å²) in [5, 5.41) is 15.8. The van der Waals surface area contributed by atoms with Gasteiger partial charge in [0.05, 0.1) is 18.4 Å². The number of nitrogens with one attached hydrogen (secondary N) is 1. The molecule has 0 aliphatic heterocycles. The van der Waals surface area contributed by atoms with E-state index in [4.69, 9.17) is 5.11 Å². The molecule has 0 saturated carbocycles. The molecule has 0 fully saturated rings. The maximum Gasteiger partial charge on any atom is 0.258 e. The summed E-state index contributed by atoms with van der Waals surface area (Å²) in [6.07, 6.45) is 3.28. The van der Waals surface area contributed by atoms with Gasteiger partial charge in [-0.15, -0.1) is 0 Å². The molecule has 2 N–H and O–H groups in total. The lowest BCUT2D eigenvalue weighted by Gasteiger charge is -2.18. The molecule has 0 unspecified atom stereocenters. The van der Waals surface area contributed by atoms with Gasteiger partial charge in [0.1, 0.15) is 0 Å². The van der Waals surface area contributed by atoms with Crippen LogP contribution in [-0.2, 0) is 6.54 Å². The number of aliphatic hydroxyl groups is 1. The van der Waals surface area contributed by atoms with Crippen LogP contribution >= 0.6 is 0 Å². The monoisotopic (exact) mass is 288 g/mol. The minimum absolute atomic E-state index is 0.108. The zero-order chi connectivity index (χ0) is 15.2. The van der Waals surface area contributed by atoms with Crippen LogP contribution in [0.3, 0.4) is 0 Å². The van der Waals surface area contributed by atoms with Gasteiger partial charge in [0.25, 0.3) is 5.91 Å². The second kappa shape index (κ2) is 6.90. The lowest BCUT2D eigenvalue weighted by molar-refractivity contribution is 0.102. The maximum absolute atomic E-state index is 12.1. The van der Waals surface area contributed by atoms with Crippen molar-refractivity contribution in [1.29, 1.82) is 0 Å². The van der Waals surface area contributed by atoms with Crippen LogP contribution in [0.1, 0.15) is 17.3 Å². The lowest BCUT2D eigenvalue weighted by Crippen LogP contribution is -2.21. The van der Waals surface area contributed by atoms with E-state index in [2.05, 4.69) is 10.4 Å². The van der Waals surface area contributed by atoms with Crippen molar-refractivity contribution in [2.75, 3.05) is 30.4 Å². The summed E-state index contributed by atoms with van der Waals surface area (Å²) in [6, 6.07) is 7.48. The van der Waals surface area contributed by atoms with E-state index in [9.17, 15) is 4.79 Å². The van der Waals surface area contributed by atoms with E-state index in [1.165, 1.54) is 0 Å². The van der Waals surface area contributed by atoms with Gasteiger partial charge in [-0.1, -0.05) is 0 Å². The summed E-state index contributed by atoms with van der Waals surface area (Å²) in [5.74, 6) is -0.175. The maximum atomic E-state index is 12.1. The number of nitrogens with zero attached hydrogens (tertiary/aromatic N) is 3. The van der Waals surface area contributed by atoms with Gasteiger partial charge in [-0.25, -0.2) is 0 Å². The largest absolute Gasteiger partial charge is 0.395 e. The van der Waals surface area contributed by atoms with E-state index < -0.39 is 0 Å². The topological polar surface area (TPSA) is 70.4 Å². The molecule has 0 bridgehead atoms. The fraction of sp³-hybridized carbons (Fsp3) is 0.333. The van der Waals surface area contributed by atoms with Crippen LogP contribution in [0.25, 0.3) is 0 Å². The Balaban J connectivity index is 2.01. The van der Waals surface area contributed by atoms with Gasteiger partial charge in [-0.2, -0.15) is 5.10 Å². The first-order valence-electron chi connectivity index (χ1n) is 6.90. The van der Waals surface area contributed by atoms with Gasteiger partial charge in [-0.3, -0.25) is 9.48 Å². The third kappa shape index (κ3) is 3.82. The van der Waals surface area contributed by atoms with E-state index in [-0.39, 0.29) is 12.5 Å². The van der Waals surface area contributed by atoms with E-state index >= 15 is 0 Å². The Bertz CT molecular complexity index is 592. The Morgan fingerprint density at radius 3 is 2.67 bits per heavy atom. The Kier molecular flexibility index (Phi) is 4.94. The Hall–Kier alpha value is -2.34. The van der Waals surface area contributed by atoms with Crippen molar-refractivity contribution in [1.82, 2.24) is 9.78 Å². The second-order valence-corrected chi connectivity index (χ2v) is 4.73. The van der Waals surface area contributed by atoms with Crippen molar-refractivity contribution in [2.24, 2.45) is 0 Å². The summed E-state index contributed by atoms with van der Waals surface area (Å²) in [5.41, 5.74) is 2.25. The minimum Gasteiger partial charge on any atom is -0.395 e. The van der Waals surface area contributed by atoms with Gasteiger partial charge in [0, 0.05) is 37.7 Å². The van der Waals surface area contributed by atoms with Crippen molar-refractivity contribution in [3.05, 3.63) is 42.2 Å². The van der Waals surface area contributed by atoms with Gasteiger partial charge >= 0.3 is 0 Å². The molecule has 0 spiro atoms. The van der Waals surface area contributed by atoms with Crippen LogP contribution in [0.15, 0.2) is 36.7 Å². The molecule has 1 amide bonds. The summed E-state index contributed by atoms with van der Waals surface area (Å²) in [7, 11) is 1.91. The van der Waals surface area contributed by atoms with E-state index in [0.29, 0.717) is 12.1 Å². The number of rotatable bonds is 6. The number of carbonyl (C=O) groups is 1. The van der Waals surface area contributed by atoms with Gasteiger partial charge in [0.2, 0.25) is 0 Å². The minimum atomic E-state index is -0.175. The molecular formula is C15H20N4O2. The van der Waals surface area contributed by atoms with Crippen LogP contribution in [0.4, 0.5) is 11.4 Å². The van der Waals surface area contributed by atoms with Crippen molar-refractivity contribution < 1.29 is 9.90 Å². The second-order valence-electron chi connectivity index (χ2n) is 4.73. The van der Waals surface area contributed by atoms with E-state index in [1.54, 1.807) is 17.1 Å². The highest BCUT2D eigenvalue weighted by Crippen LogP contribution is 2.17. The Labute approximate surface area is 124 Å². The van der Waals surface area contributed by atoms with E-state index in [1.807, 2.05) is 43.1 Å². The van der Waals surface area contributed by atoms with Crippen molar-refractivity contribution in [3.63, 3.8) is 0 Å². The summed E-state index contributed by atoms with van der Waals surface area (Å²) >= 11 is 0. The molecule has 1 aromatic carbocycles. The highest BCUT2D eigenvalue weighted by Gasteiger charge is 2.09. The molecule has 0 atom stereocenters. The van der Waals surface area contributed by atoms with Gasteiger partial charge < -0.3 is 15.3 Å². The first-order valence-corrected chi connectivity index (χ1v) is 6.90. The average Bonchev–Trinajstić information content (AvgIpc) is 2.97. The number of aryl methyl sites for hydroxylation is 1. The summed E-state index contributed by atoms with van der Waals surface area (Å²) in [4.78, 5) is 14.0. The van der Waals surface area contributed by atoms with Crippen LogP contribution in [0.2, 0.25) is 0 Å². The average molecular weight is 288 g/mol. The number of hydrogen-bond donors (Lipinski definition) is 2. The number of aromatic nitrogens is 2. The fourth-order valence-electron chi connectivity index (χ4n) is 1.94. The molecule has 2 aromatic rings. The number of hydrogen-bond acceptors (Lipinski definition) is 4. The summed E-state index contributed by atoms with van der Waals surface area (Å²) in [6.45, 7) is 3.38. The molecule has 112 valence electrons. The highest BCUT2D eigenvalue weighted by atomic mass is 16.3. The predicted molar refractivity (Wildman–Crippen MR) is 82.7 cm³/mol. The number of amides is 1. The third-order valence-corrected chi connectivity index (χ3v) is 3.22. The Morgan fingerprint density at radius 2 is 2.10 bits per heavy atom. The Morgan fingerprint density at radius 1 is 1.38 bits per heavy atom. The quantitative estimate of drug-likeness (QED) is 0.846. The zero-order valence-corrected chi connectivity index (χ0v) is 12.3. The number of aliphatic hydroxyl groups excluding tert-OH is 1. The molecule has 0 aliphatic rings. The smallest absolute Gasteiger partial charge is 0.258 e. The predicted octanol–water partition coefficient (Wildman–Crippen LogP) is 1.58. The van der Waals surface area contributed by atoms with Crippen molar-refractivity contribution in [2.45, 2.75) is 13.5 Å². The van der Waals surface area contributed by atoms with Crippen LogP contribution in [0.5, 0.6) is 0 Å². The van der Waals surface area contributed by atoms with Crippen molar-refractivity contribution in [3.8, 4) is 0 Å². The molecule has 6 heteroatoms. The van der Waals surface area contributed by atoms with Crippen LogP contribution < -0.4 is 10.2 Å². The number of anilines is 2. The number of likely N-dealkylation sites (N-methyl/N-ethyl adjacent to an activating group) is 1. The molecule has 0 aliphatic carbocycles. The molecule has 6 nitrogen and oxygen atoms in total. The van der Waals surface area contributed by atoms with Gasteiger partial charge in [-0.05, 0) is 31.2 Å². The molecule has 21 heavy (non-hydrogen) atoms. The third-order valence-electron chi connectivity index (χ3n) is 3.22. The molecule has 0 radical (unpaired) electrons. The van der Waals surface area contributed by atoms with Crippen LogP contribution in [-0.4, -0.2) is 41.0 Å². The van der Waals surface area contributed by atoms with E-state index in [0.717, 1.165) is 17.9 Å². The number of carbonyl (C=O) groups excluding carboxylic acids is 1. The molecule has 0 saturated heterocycles. The molecule has 1 heterocycles. The zero-order valence-electron chi connectivity index (χ0n) is 12.3. The summed E-state index contributed by atoms with van der Waals surface area (Å²) < 4.78 is 1.71. The molecule has 2 rings (SSSR count). The van der Waals surface area contributed by atoms with Crippen molar-refractivity contribution >= 4 is 17.3 Å². The highest BCUT2D eigenvalue weighted by molar-refractivity contribution is 6.03. The normalized spacial score (nSPS) is 10.4. The van der Waals surface area contributed by atoms with Gasteiger partial charge in [0.15, 0.2) is 0 Å². The molecule has 1 aromatic heterocycles. The standard InChI is InChI=1S/C15H20N4O2/c1-3-19-11-12(10-16-19)15(21)17-13-4-6-14(7-5-13)18(2)8-9-20/h4-7,10-11,20H,3,8-9H2,1-2H3,(H,17,21). The van der Waals surface area contributed by atoms with Crippen LogP contribution in [0, 0.1) is 0 Å².